The topological polar surface area (TPSA) is 41.8 Å². The zero-order valence-corrected chi connectivity index (χ0v) is 10.9. The summed E-state index contributed by atoms with van der Waals surface area (Å²) in [5.41, 5.74) is 2.71. The second kappa shape index (κ2) is 6.71. The van der Waals surface area contributed by atoms with Crippen LogP contribution in [0.25, 0.3) is 0 Å². The molecule has 0 heterocycles. The molecule has 98 valence electrons. The normalized spacial score (nSPS) is 13.1. The number of aliphatic hydroxyl groups is 1. The Hall–Kier alpha value is -2.13. The van der Waals surface area contributed by atoms with Crippen molar-refractivity contribution in [3.63, 3.8) is 0 Å². The van der Waals surface area contributed by atoms with Crippen molar-refractivity contribution in [1.29, 1.82) is 0 Å². The van der Waals surface area contributed by atoms with Gasteiger partial charge in [0.1, 0.15) is 0 Å². The molecule has 2 rings (SSSR count). The van der Waals surface area contributed by atoms with E-state index in [0.717, 1.165) is 16.8 Å². The Morgan fingerprint density at radius 1 is 1.05 bits per heavy atom. The van der Waals surface area contributed by atoms with Crippen molar-refractivity contribution < 1.29 is 9.94 Å². The van der Waals surface area contributed by atoms with E-state index in [1.54, 1.807) is 0 Å². The molecule has 1 unspecified atom stereocenters. The molecule has 0 aliphatic carbocycles. The Morgan fingerprint density at radius 3 is 2.21 bits per heavy atom. The van der Waals surface area contributed by atoms with E-state index in [-0.39, 0.29) is 6.61 Å². The zero-order valence-electron chi connectivity index (χ0n) is 10.9. The third-order valence-electron chi connectivity index (χ3n) is 2.85. The molecule has 0 aromatic heterocycles. The van der Waals surface area contributed by atoms with Gasteiger partial charge in [-0.05, 0) is 18.1 Å². The minimum Gasteiger partial charge on any atom is -0.392 e. The summed E-state index contributed by atoms with van der Waals surface area (Å²) in [6, 6.07) is 19.4. The van der Waals surface area contributed by atoms with Gasteiger partial charge >= 0.3 is 0 Å². The summed E-state index contributed by atoms with van der Waals surface area (Å²) in [6.07, 6.45) is -0.431. The largest absolute Gasteiger partial charge is 0.392 e. The number of oxime groups is 1. The standard InChI is InChI=1S/C16H17NO2/c1-13(14-8-4-2-5-9-14)17-19-16(12-18)15-10-6-3-7-11-15/h2-11,16,18H,12H2,1H3/b17-13+. The molecule has 0 saturated heterocycles. The Kier molecular flexibility index (Phi) is 4.70. The predicted octanol–water partition coefficient (Wildman–Crippen LogP) is 3.16. The van der Waals surface area contributed by atoms with Crippen molar-refractivity contribution >= 4 is 5.71 Å². The van der Waals surface area contributed by atoms with Crippen LogP contribution in [0, 0.1) is 0 Å². The molecule has 1 atom stereocenters. The van der Waals surface area contributed by atoms with Gasteiger partial charge in [0, 0.05) is 0 Å². The number of rotatable bonds is 5. The fourth-order valence-electron chi connectivity index (χ4n) is 1.74. The molecule has 19 heavy (non-hydrogen) atoms. The molecular formula is C16H17NO2. The molecular weight excluding hydrogens is 238 g/mol. The van der Waals surface area contributed by atoms with Crippen molar-refractivity contribution in [2.45, 2.75) is 13.0 Å². The minimum absolute atomic E-state index is 0.102. The van der Waals surface area contributed by atoms with E-state index in [4.69, 9.17) is 4.84 Å². The minimum atomic E-state index is -0.431. The van der Waals surface area contributed by atoms with Crippen molar-refractivity contribution in [2.75, 3.05) is 6.61 Å². The Balaban J connectivity index is 2.08. The van der Waals surface area contributed by atoms with Gasteiger partial charge in [0.25, 0.3) is 0 Å². The number of hydrogen-bond acceptors (Lipinski definition) is 3. The molecule has 0 aliphatic rings. The summed E-state index contributed by atoms with van der Waals surface area (Å²) in [6.45, 7) is 1.78. The molecule has 3 heteroatoms. The highest BCUT2D eigenvalue weighted by atomic mass is 16.6. The summed E-state index contributed by atoms with van der Waals surface area (Å²) in [7, 11) is 0. The smallest absolute Gasteiger partial charge is 0.175 e. The molecule has 1 N–H and O–H groups in total. The van der Waals surface area contributed by atoms with E-state index < -0.39 is 6.10 Å². The first-order valence-electron chi connectivity index (χ1n) is 6.23. The molecule has 2 aromatic carbocycles. The summed E-state index contributed by atoms with van der Waals surface area (Å²) in [5, 5.41) is 13.5. The summed E-state index contributed by atoms with van der Waals surface area (Å²) in [4.78, 5) is 5.43. The number of nitrogens with zero attached hydrogens (tertiary/aromatic N) is 1. The average molecular weight is 255 g/mol. The van der Waals surface area contributed by atoms with Crippen LogP contribution in [-0.4, -0.2) is 17.4 Å². The molecule has 0 fully saturated rings. The van der Waals surface area contributed by atoms with Crippen molar-refractivity contribution in [2.24, 2.45) is 5.16 Å². The molecule has 0 bridgehead atoms. The van der Waals surface area contributed by atoms with Crippen LogP contribution in [0.4, 0.5) is 0 Å². The second-order valence-corrected chi connectivity index (χ2v) is 4.23. The van der Waals surface area contributed by atoms with Crippen molar-refractivity contribution in [3.8, 4) is 0 Å². The lowest BCUT2D eigenvalue weighted by atomic mass is 10.1. The van der Waals surface area contributed by atoms with Gasteiger partial charge in [0.05, 0.1) is 12.3 Å². The first-order chi connectivity index (χ1) is 9.31. The fourth-order valence-corrected chi connectivity index (χ4v) is 1.74. The van der Waals surface area contributed by atoms with Crippen LogP contribution in [0.1, 0.15) is 24.2 Å². The Morgan fingerprint density at radius 2 is 1.63 bits per heavy atom. The zero-order chi connectivity index (χ0) is 13.5. The maximum Gasteiger partial charge on any atom is 0.175 e. The van der Waals surface area contributed by atoms with Crippen molar-refractivity contribution in [3.05, 3.63) is 71.8 Å². The van der Waals surface area contributed by atoms with Crippen LogP contribution in [0.15, 0.2) is 65.8 Å². The summed E-state index contributed by atoms with van der Waals surface area (Å²) >= 11 is 0. The van der Waals surface area contributed by atoms with Crippen LogP contribution in [0.3, 0.4) is 0 Å². The monoisotopic (exact) mass is 255 g/mol. The van der Waals surface area contributed by atoms with Crippen LogP contribution in [0.5, 0.6) is 0 Å². The van der Waals surface area contributed by atoms with Gasteiger partial charge in [-0.2, -0.15) is 0 Å². The van der Waals surface area contributed by atoms with Gasteiger partial charge in [-0.25, -0.2) is 0 Å². The first-order valence-corrected chi connectivity index (χ1v) is 6.23. The van der Waals surface area contributed by atoms with Crippen molar-refractivity contribution in [1.82, 2.24) is 0 Å². The number of aliphatic hydroxyl groups excluding tert-OH is 1. The van der Waals surface area contributed by atoms with Crippen LogP contribution in [0.2, 0.25) is 0 Å². The summed E-state index contributed by atoms with van der Waals surface area (Å²) < 4.78 is 0. The van der Waals surface area contributed by atoms with Gasteiger partial charge in [-0.1, -0.05) is 65.8 Å². The molecule has 2 aromatic rings. The fraction of sp³-hybridized carbons (Fsp3) is 0.188. The Labute approximate surface area is 113 Å². The first kappa shape index (κ1) is 13.3. The van der Waals surface area contributed by atoms with Gasteiger partial charge in [-0.3, -0.25) is 0 Å². The maximum atomic E-state index is 9.37. The molecule has 0 spiro atoms. The van der Waals surface area contributed by atoms with Crippen LogP contribution >= 0.6 is 0 Å². The lowest BCUT2D eigenvalue weighted by molar-refractivity contribution is 0.0154. The Bertz CT molecular complexity index is 523. The van der Waals surface area contributed by atoms with Gasteiger partial charge < -0.3 is 9.94 Å². The highest BCUT2D eigenvalue weighted by Crippen LogP contribution is 2.17. The number of hydrogen-bond donors (Lipinski definition) is 1. The lowest BCUT2D eigenvalue weighted by Gasteiger charge is -2.13. The van der Waals surface area contributed by atoms with E-state index in [9.17, 15) is 5.11 Å². The highest BCUT2D eigenvalue weighted by molar-refractivity contribution is 5.98. The SMILES string of the molecule is C/C(=N\OC(CO)c1ccccc1)c1ccccc1. The molecule has 3 nitrogen and oxygen atoms in total. The van der Waals surface area contributed by atoms with E-state index in [1.807, 2.05) is 67.6 Å². The average Bonchev–Trinajstić information content (AvgIpc) is 2.49. The molecule has 0 amide bonds. The van der Waals surface area contributed by atoms with E-state index in [2.05, 4.69) is 5.16 Å². The third kappa shape index (κ3) is 3.66. The van der Waals surface area contributed by atoms with E-state index in [1.165, 1.54) is 0 Å². The quantitative estimate of drug-likeness (QED) is 0.658. The third-order valence-corrected chi connectivity index (χ3v) is 2.85. The highest BCUT2D eigenvalue weighted by Gasteiger charge is 2.11. The van der Waals surface area contributed by atoms with Crippen LogP contribution in [-0.2, 0) is 4.84 Å². The lowest BCUT2D eigenvalue weighted by Crippen LogP contribution is -2.07. The van der Waals surface area contributed by atoms with Crippen LogP contribution < -0.4 is 0 Å². The molecule has 0 saturated carbocycles. The predicted molar refractivity (Wildman–Crippen MR) is 76.0 cm³/mol. The molecule has 0 aliphatic heterocycles. The maximum absolute atomic E-state index is 9.37. The van der Waals surface area contributed by atoms with E-state index in [0.29, 0.717) is 0 Å². The van der Waals surface area contributed by atoms with Gasteiger partial charge in [0.2, 0.25) is 0 Å². The summed E-state index contributed by atoms with van der Waals surface area (Å²) in [5.74, 6) is 0. The molecule has 0 radical (unpaired) electrons. The number of benzene rings is 2. The van der Waals surface area contributed by atoms with Gasteiger partial charge in [-0.15, -0.1) is 0 Å². The second-order valence-electron chi connectivity index (χ2n) is 4.23. The van der Waals surface area contributed by atoms with Gasteiger partial charge in [0.15, 0.2) is 6.10 Å². The van der Waals surface area contributed by atoms with E-state index >= 15 is 0 Å².